The summed E-state index contributed by atoms with van der Waals surface area (Å²) in [4.78, 5) is 29.5. The van der Waals surface area contributed by atoms with Gasteiger partial charge in [0, 0.05) is 23.3 Å². The van der Waals surface area contributed by atoms with Gasteiger partial charge in [-0.1, -0.05) is 45.0 Å². The summed E-state index contributed by atoms with van der Waals surface area (Å²) in [7, 11) is 0. The molecule has 24 heavy (non-hydrogen) atoms. The number of benzene rings is 1. The number of hydrogen-bond donors (Lipinski definition) is 1. The van der Waals surface area contributed by atoms with E-state index in [1.165, 1.54) is 11.3 Å². The van der Waals surface area contributed by atoms with Crippen LogP contribution in [0.15, 0.2) is 42.0 Å². The maximum Gasteiger partial charge on any atom is 0.292 e. The van der Waals surface area contributed by atoms with E-state index >= 15 is 0 Å². The Bertz CT molecular complexity index is 857. The van der Waals surface area contributed by atoms with Gasteiger partial charge in [0.1, 0.15) is 0 Å². The topological polar surface area (TPSA) is 63.5 Å². The molecule has 0 aliphatic carbocycles. The van der Waals surface area contributed by atoms with Crippen molar-refractivity contribution in [1.82, 2.24) is 14.7 Å². The van der Waals surface area contributed by atoms with E-state index in [1.807, 2.05) is 34.3 Å². The average molecular weight is 341 g/mol. The molecule has 124 valence electrons. The average Bonchev–Trinajstić information content (AvgIpc) is 3.12. The van der Waals surface area contributed by atoms with Crippen molar-refractivity contribution in [3.63, 3.8) is 0 Å². The van der Waals surface area contributed by atoms with Crippen molar-refractivity contribution >= 4 is 28.0 Å². The van der Waals surface area contributed by atoms with Gasteiger partial charge < -0.3 is 5.32 Å². The van der Waals surface area contributed by atoms with E-state index in [9.17, 15) is 9.59 Å². The van der Waals surface area contributed by atoms with E-state index in [2.05, 4.69) is 31.1 Å². The molecule has 5 nitrogen and oxygen atoms in total. The zero-order valence-corrected chi connectivity index (χ0v) is 14.7. The minimum Gasteiger partial charge on any atom is -0.343 e. The third-order valence-corrected chi connectivity index (χ3v) is 4.56. The van der Waals surface area contributed by atoms with Gasteiger partial charge in [-0.15, -0.1) is 11.3 Å². The van der Waals surface area contributed by atoms with Crippen LogP contribution in [0.1, 0.15) is 42.4 Å². The molecule has 3 aromatic rings. The zero-order chi connectivity index (χ0) is 17.3. The first-order chi connectivity index (χ1) is 11.3. The molecule has 0 radical (unpaired) electrons. The van der Waals surface area contributed by atoms with Gasteiger partial charge in [0.2, 0.25) is 5.78 Å². The van der Waals surface area contributed by atoms with E-state index in [-0.39, 0.29) is 12.0 Å². The lowest BCUT2D eigenvalue weighted by atomic mass is 9.86. The number of Topliss-reactive ketones (excluding diaryl/α,β-unsaturated/α-hetero) is 1. The van der Waals surface area contributed by atoms with Gasteiger partial charge in [0.15, 0.2) is 4.96 Å². The first-order valence-corrected chi connectivity index (χ1v) is 8.57. The second-order valence-corrected chi connectivity index (χ2v) is 7.54. The highest BCUT2D eigenvalue weighted by Gasteiger charge is 2.18. The third kappa shape index (κ3) is 3.38. The maximum absolute atomic E-state index is 12.2. The van der Waals surface area contributed by atoms with Crippen molar-refractivity contribution in [2.45, 2.75) is 32.7 Å². The second kappa shape index (κ2) is 6.20. The van der Waals surface area contributed by atoms with E-state index in [1.54, 1.807) is 12.1 Å². The molecular formula is C18H19N3O2S. The molecule has 1 aromatic carbocycles. The van der Waals surface area contributed by atoms with Crippen molar-refractivity contribution in [2.75, 3.05) is 0 Å². The molecule has 2 aromatic heterocycles. The van der Waals surface area contributed by atoms with Gasteiger partial charge in [-0.05, 0) is 11.0 Å². The van der Waals surface area contributed by atoms with Crippen LogP contribution in [0.3, 0.4) is 0 Å². The first kappa shape index (κ1) is 16.4. The van der Waals surface area contributed by atoms with E-state index < -0.39 is 11.7 Å². The van der Waals surface area contributed by atoms with Gasteiger partial charge in [0.05, 0.1) is 12.2 Å². The minimum atomic E-state index is -0.616. The smallest absolute Gasteiger partial charge is 0.292 e. The quantitative estimate of drug-likeness (QED) is 0.585. The third-order valence-electron chi connectivity index (χ3n) is 3.79. The summed E-state index contributed by atoms with van der Waals surface area (Å²) in [5, 5.41) is 4.57. The van der Waals surface area contributed by atoms with E-state index in [0.717, 1.165) is 16.2 Å². The van der Waals surface area contributed by atoms with Crippen molar-refractivity contribution in [3.05, 3.63) is 58.9 Å². The van der Waals surface area contributed by atoms with Crippen LogP contribution in [-0.2, 0) is 16.8 Å². The highest BCUT2D eigenvalue weighted by Crippen LogP contribution is 2.22. The van der Waals surface area contributed by atoms with Crippen molar-refractivity contribution in [3.8, 4) is 0 Å². The van der Waals surface area contributed by atoms with Crippen molar-refractivity contribution in [1.29, 1.82) is 0 Å². The number of nitrogens with zero attached hydrogens (tertiary/aromatic N) is 2. The number of aromatic nitrogens is 2. The van der Waals surface area contributed by atoms with Gasteiger partial charge in [-0.2, -0.15) is 0 Å². The Morgan fingerprint density at radius 3 is 2.54 bits per heavy atom. The zero-order valence-electron chi connectivity index (χ0n) is 13.9. The van der Waals surface area contributed by atoms with Gasteiger partial charge in [-0.3, -0.25) is 14.0 Å². The molecule has 6 heteroatoms. The number of hydrogen-bond acceptors (Lipinski definition) is 4. The molecule has 0 spiro atoms. The van der Waals surface area contributed by atoms with Gasteiger partial charge >= 0.3 is 0 Å². The molecule has 0 fully saturated rings. The SMILES string of the molecule is CC(C)(C)c1ccc(C(=O)C(=O)NCc2cn3ccsc3n2)cc1. The summed E-state index contributed by atoms with van der Waals surface area (Å²) in [6, 6.07) is 7.19. The second-order valence-electron chi connectivity index (χ2n) is 6.66. The first-order valence-electron chi connectivity index (χ1n) is 7.69. The van der Waals surface area contributed by atoms with E-state index in [4.69, 9.17) is 0 Å². The summed E-state index contributed by atoms with van der Waals surface area (Å²) in [5.74, 6) is -1.15. The van der Waals surface area contributed by atoms with Crippen LogP contribution in [0, 0.1) is 0 Å². The maximum atomic E-state index is 12.2. The Balaban J connectivity index is 1.64. The Morgan fingerprint density at radius 1 is 1.21 bits per heavy atom. The van der Waals surface area contributed by atoms with Gasteiger partial charge in [-0.25, -0.2) is 4.98 Å². The monoisotopic (exact) mass is 341 g/mol. The van der Waals surface area contributed by atoms with Crippen LogP contribution in [0.4, 0.5) is 0 Å². The molecule has 0 unspecified atom stereocenters. The van der Waals surface area contributed by atoms with Crippen LogP contribution in [0.25, 0.3) is 4.96 Å². The van der Waals surface area contributed by atoms with Gasteiger partial charge in [0.25, 0.3) is 5.91 Å². The molecule has 0 aliphatic rings. The number of rotatable bonds is 4. The summed E-state index contributed by atoms with van der Waals surface area (Å²) >= 11 is 1.52. The number of imidazole rings is 1. The Hall–Kier alpha value is -2.47. The lowest BCUT2D eigenvalue weighted by molar-refractivity contribution is -0.117. The molecule has 1 amide bonds. The fourth-order valence-corrected chi connectivity index (χ4v) is 3.08. The van der Waals surface area contributed by atoms with Crippen molar-refractivity contribution in [2.24, 2.45) is 0 Å². The molecule has 0 bridgehead atoms. The molecule has 2 heterocycles. The predicted molar refractivity (Wildman–Crippen MR) is 94.4 cm³/mol. The number of ketones is 1. The molecular weight excluding hydrogens is 322 g/mol. The van der Waals surface area contributed by atoms with Crippen LogP contribution < -0.4 is 5.32 Å². The molecule has 0 saturated carbocycles. The largest absolute Gasteiger partial charge is 0.343 e. The van der Waals surface area contributed by atoms with Crippen LogP contribution in [-0.4, -0.2) is 21.1 Å². The van der Waals surface area contributed by atoms with Crippen LogP contribution in [0.2, 0.25) is 0 Å². The number of carbonyl (C=O) groups excluding carboxylic acids is 2. The van der Waals surface area contributed by atoms with Crippen LogP contribution in [0.5, 0.6) is 0 Å². The predicted octanol–water partition coefficient (Wildman–Crippen LogP) is 3.19. The minimum absolute atomic E-state index is 0.0117. The summed E-state index contributed by atoms with van der Waals surface area (Å²) in [6.07, 6.45) is 3.75. The number of carbonyl (C=O) groups is 2. The Labute approximate surface area is 144 Å². The molecule has 1 N–H and O–H groups in total. The summed E-state index contributed by atoms with van der Waals surface area (Å²) in [5.41, 5.74) is 2.26. The molecule has 0 saturated heterocycles. The highest BCUT2D eigenvalue weighted by molar-refractivity contribution is 7.15. The molecule has 0 atom stereocenters. The fraction of sp³-hybridized carbons (Fsp3) is 0.278. The van der Waals surface area contributed by atoms with Crippen molar-refractivity contribution < 1.29 is 9.59 Å². The van der Waals surface area contributed by atoms with Crippen LogP contribution >= 0.6 is 11.3 Å². The number of nitrogens with one attached hydrogen (secondary N) is 1. The molecule has 3 rings (SSSR count). The van der Waals surface area contributed by atoms with E-state index in [0.29, 0.717) is 5.56 Å². The molecule has 0 aliphatic heterocycles. The number of fused-ring (bicyclic) bond motifs is 1. The normalized spacial score (nSPS) is 11.6. The fourth-order valence-electron chi connectivity index (χ4n) is 2.37. The Morgan fingerprint density at radius 2 is 1.92 bits per heavy atom. The highest BCUT2D eigenvalue weighted by atomic mass is 32.1. The lowest BCUT2D eigenvalue weighted by Gasteiger charge is -2.18. The number of amides is 1. The summed E-state index contributed by atoms with van der Waals surface area (Å²) in [6.45, 7) is 6.55. The standard InChI is InChI=1S/C18H19N3O2S/c1-18(2,3)13-6-4-12(5-7-13)15(22)16(23)19-10-14-11-21-8-9-24-17(21)20-14/h4-9,11H,10H2,1-3H3,(H,19,23). The Kier molecular flexibility index (Phi) is 4.24. The lowest BCUT2D eigenvalue weighted by Crippen LogP contribution is -2.30. The summed E-state index contributed by atoms with van der Waals surface area (Å²) < 4.78 is 1.89. The number of thiazole rings is 1.